The van der Waals surface area contributed by atoms with E-state index in [-0.39, 0.29) is 0 Å². The van der Waals surface area contributed by atoms with Gasteiger partial charge in [-0.05, 0) is 44.2 Å². The molecule has 4 rings (SSSR count). The highest BCUT2D eigenvalue weighted by molar-refractivity contribution is 7.22. The summed E-state index contributed by atoms with van der Waals surface area (Å²) in [5.74, 6) is 1.53. The number of hydrogen-bond donors (Lipinski definition) is 1. The maximum atomic E-state index is 5.54. The summed E-state index contributed by atoms with van der Waals surface area (Å²) in [4.78, 5) is 4.58. The van der Waals surface area contributed by atoms with Crippen LogP contribution < -0.4 is 10.1 Å². The van der Waals surface area contributed by atoms with Crippen LogP contribution in [0.4, 0.5) is 10.9 Å². The van der Waals surface area contributed by atoms with Crippen LogP contribution >= 0.6 is 11.3 Å². The summed E-state index contributed by atoms with van der Waals surface area (Å²) in [5, 5.41) is 12.6. The Balaban J connectivity index is 1.53. The summed E-state index contributed by atoms with van der Waals surface area (Å²) < 4.78 is 6.61. The van der Waals surface area contributed by atoms with Gasteiger partial charge in [0.2, 0.25) is 0 Å². The molecular weight excluding hydrogens is 344 g/mol. The predicted octanol–water partition coefficient (Wildman–Crippen LogP) is 5.20. The molecule has 26 heavy (non-hydrogen) atoms. The molecule has 0 saturated heterocycles. The van der Waals surface area contributed by atoms with Gasteiger partial charge in [0.1, 0.15) is 5.75 Å². The zero-order valence-corrected chi connectivity index (χ0v) is 15.4. The van der Waals surface area contributed by atoms with E-state index in [0.717, 1.165) is 32.4 Å². The molecule has 0 aliphatic rings. The third kappa shape index (κ3) is 3.50. The lowest BCUT2D eigenvalue weighted by Gasteiger charge is -2.03. The van der Waals surface area contributed by atoms with Crippen molar-refractivity contribution in [1.29, 1.82) is 0 Å². The van der Waals surface area contributed by atoms with E-state index in [1.165, 1.54) is 5.56 Å². The van der Waals surface area contributed by atoms with Gasteiger partial charge in [-0.1, -0.05) is 41.2 Å². The van der Waals surface area contributed by atoms with Gasteiger partial charge in [-0.3, -0.25) is 0 Å². The number of aromatic nitrogens is 3. The highest BCUT2D eigenvalue weighted by atomic mass is 32.1. The summed E-state index contributed by atoms with van der Waals surface area (Å²) in [5.41, 5.74) is 4.06. The molecule has 1 N–H and O–H groups in total. The molecule has 5 nitrogen and oxygen atoms in total. The lowest BCUT2D eigenvalue weighted by Crippen LogP contribution is -1.95. The molecule has 0 aliphatic carbocycles. The zero-order chi connectivity index (χ0) is 17.9. The van der Waals surface area contributed by atoms with Crippen molar-refractivity contribution in [1.82, 2.24) is 15.2 Å². The van der Waals surface area contributed by atoms with Gasteiger partial charge in [0.15, 0.2) is 10.9 Å². The molecule has 0 unspecified atom stereocenters. The molecule has 4 aromatic rings. The molecule has 6 heteroatoms. The Bertz CT molecular complexity index is 1030. The minimum Gasteiger partial charge on any atom is -0.494 e. The Labute approximate surface area is 155 Å². The quantitative estimate of drug-likeness (QED) is 0.528. The first-order valence-corrected chi connectivity index (χ1v) is 9.24. The molecular formula is C20H18N4OS. The van der Waals surface area contributed by atoms with E-state index < -0.39 is 0 Å². The topological polar surface area (TPSA) is 59.9 Å². The van der Waals surface area contributed by atoms with Gasteiger partial charge in [0.25, 0.3) is 0 Å². The van der Waals surface area contributed by atoms with Gasteiger partial charge in [0.05, 0.1) is 22.5 Å². The first-order chi connectivity index (χ1) is 12.7. The highest BCUT2D eigenvalue weighted by Crippen LogP contribution is 2.30. The fourth-order valence-electron chi connectivity index (χ4n) is 2.60. The van der Waals surface area contributed by atoms with Crippen LogP contribution in [0.3, 0.4) is 0 Å². The first-order valence-electron chi connectivity index (χ1n) is 8.42. The Hall–Kier alpha value is -2.99. The van der Waals surface area contributed by atoms with Gasteiger partial charge in [-0.15, -0.1) is 10.2 Å². The van der Waals surface area contributed by atoms with Crippen LogP contribution in [0.25, 0.3) is 21.5 Å². The maximum absolute atomic E-state index is 5.54. The fourth-order valence-corrected chi connectivity index (χ4v) is 3.50. The Morgan fingerprint density at radius 3 is 2.58 bits per heavy atom. The standard InChI is InChI=1S/C20H18N4OS/c1-3-25-15-8-9-17-18(12-15)26-20(21-17)22-19-11-10-16(23-24-19)14-6-4-13(2)5-7-14/h4-12H,3H2,1-2H3,(H,21,22,24). The molecule has 0 aliphatic heterocycles. The van der Waals surface area contributed by atoms with Gasteiger partial charge in [0, 0.05) is 5.56 Å². The van der Waals surface area contributed by atoms with E-state index in [0.29, 0.717) is 12.4 Å². The van der Waals surface area contributed by atoms with Crippen molar-refractivity contribution in [2.75, 3.05) is 11.9 Å². The smallest absolute Gasteiger partial charge is 0.189 e. The number of aryl methyl sites for hydroxylation is 1. The van der Waals surface area contributed by atoms with Crippen LogP contribution in [0.5, 0.6) is 5.75 Å². The molecule has 0 saturated carbocycles. The van der Waals surface area contributed by atoms with Crippen molar-refractivity contribution < 1.29 is 4.74 Å². The van der Waals surface area contributed by atoms with Crippen LogP contribution in [0.1, 0.15) is 12.5 Å². The molecule has 0 radical (unpaired) electrons. The molecule has 0 atom stereocenters. The van der Waals surface area contributed by atoms with E-state index in [2.05, 4.69) is 51.7 Å². The Morgan fingerprint density at radius 2 is 1.85 bits per heavy atom. The number of nitrogens with one attached hydrogen (secondary N) is 1. The van der Waals surface area contributed by atoms with Crippen LogP contribution in [0.2, 0.25) is 0 Å². The molecule has 2 aromatic heterocycles. The van der Waals surface area contributed by atoms with Crippen molar-refractivity contribution >= 4 is 32.5 Å². The van der Waals surface area contributed by atoms with E-state index >= 15 is 0 Å². The van der Waals surface area contributed by atoms with Gasteiger partial charge in [-0.25, -0.2) is 4.98 Å². The second kappa shape index (κ2) is 7.09. The lowest BCUT2D eigenvalue weighted by atomic mass is 10.1. The summed E-state index contributed by atoms with van der Waals surface area (Å²) in [7, 11) is 0. The van der Waals surface area contributed by atoms with Gasteiger partial charge in [-0.2, -0.15) is 0 Å². The third-order valence-electron chi connectivity index (χ3n) is 3.92. The van der Waals surface area contributed by atoms with Crippen molar-refractivity contribution in [3.8, 4) is 17.0 Å². The molecule has 0 amide bonds. The van der Waals surface area contributed by atoms with Crippen LogP contribution in [0, 0.1) is 6.92 Å². The maximum Gasteiger partial charge on any atom is 0.189 e. The van der Waals surface area contributed by atoms with Crippen molar-refractivity contribution in [3.05, 3.63) is 60.2 Å². The summed E-state index contributed by atoms with van der Waals surface area (Å²) >= 11 is 1.56. The minimum atomic E-state index is 0.651. The second-order valence-corrected chi connectivity index (χ2v) is 6.91. The van der Waals surface area contributed by atoms with Gasteiger partial charge < -0.3 is 10.1 Å². The van der Waals surface area contributed by atoms with Crippen molar-refractivity contribution in [2.45, 2.75) is 13.8 Å². The number of thiazole rings is 1. The molecule has 130 valence electrons. The SMILES string of the molecule is CCOc1ccc2nc(Nc3ccc(-c4ccc(C)cc4)nn3)sc2c1. The summed E-state index contributed by atoms with van der Waals surface area (Å²) in [6.07, 6.45) is 0. The van der Waals surface area contributed by atoms with E-state index in [1.807, 2.05) is 37.3 Å². The minimum absolute atomic E-state index is 0.651. The average molecular weight is 362 g/mol. The largest absolute Gasteiger partial charge is 0.494 e. The van der Waals surface area contributed by atoms with Crippen LogP contribution in [-0.4, -0.2) is 21.8 Å². The number of fused-ring (bicyclic) bond motifs is 1. The number of nitrogens with zero attached hydrogens (tertiary/aromatic N) is 3. The van der Waals surface area contributed by atoms with E-state index in [1.54, 1.807) is 11.3 Å². The third-order valence-corrected chi connectivity index (χ3v) is 4.85. The van der Waals surface area contributed by atoms with Gasteiger partial charge >= 0.3 is 0 Å². The number of anilines is 2. The monoisotopic (exact) mass is 362 g/mol. The van der Waals surface area contributed by atoms with E-state index in [9.17, 15) is 0 Å². The molecule has 0 bridgehead atoms. The van der Waals surface area contributed by atoms with Crippen molar-refractivity contribution in [3.63, 3.8) is 0 Å². The normalized spacial score (nSPS) is 10.8. The highest BCUT2D eigenvalue weighted by Gasteiger charge is 2.07. The lowest BCUT2D eigenvalue weighted by molar-refractivity contribution is 0.341. The molecule has 0 fully saturated rings. The number of ether oxygens (including phenoxy) is 1. The zero-order valence-electron chi connectivity index (χ0n) is 14.6. The number of rotatable bonds is 5. The first kappa shape index (κ1) is 16.5. The van der Waals surface area contributed by atoms with Crippen molar-refractivity contribution in [2.24, 2.45) is 0 Å². The van der Waals surface area contributed by atoms with Crippen LogP contribution in [-0.2, 0) is 0 Å². The Morgan fingerprint density at radius 1 is 1.00 bits per heavy atom. The van der Waals surface area contributed by atoms with Crippen LogP contribution in [0.15, 0.2) is 54.6 Å². The summed E-state index contributed by atoms with van der Waals surface area (Å²) in [6, 6.07) is 18.0. The second-order valence-electron chi connectivity index (χ2n) is 5.88. The number of hydrogen-bond acceptors (Lipinski definition) is 6. The summed E-state index contributed by atoms with van der Waals surface area (Å²) in [6.45, 7) is 4.69. The van der Waals surface area contributed by atoms with E-state index in [4.69, 9.17) is 4.74 Å². The Kier molecular flexibility index (Phi) is 4.50. The fraction of sp³-hybridized carbons (Fsp3) is 0.150. The predicted molar refractivity (Wildman–Crippen MR) is 106 cm³/mol. The molecule has 2 heterocycles. The number of benzene rings is 2. The molecule has 2 aromatic carbocycles. The molecule has 0 spiro atoms. The average Bonchev–Trinajstić information content (AvgIpc) is 3.05.